The summed E-state index contributed by atoms with van der Waals surface area (Å²) in [5.74, 6) is 0.256. The Morgan fingerprint density at radius 1 is 1.53 bits per heavy atom. The number of halogens is 1. The van der Waals surface area contributed by atoms with Crippen LogP contribution < -0.4 is 0 Å². The van der Waals surface area contributed by atoms with Gasteiger partial charge in [-0.15, -0.1) is 11.3 Å². The Kier molecular flexibility index (Phi) is 3.30. The fourth-order valence-electron chi connectivity index (χ4n) is 1.53. The van der Waals surface area contributed by atoms with Gasteiger partial charge in [0.25, 0.3) is 0 Å². The largest absolute Gasteiger partial charge is 0.247 e. The van der Waals surface area contributed by atoms with E-state index in [0.29, 0.717) is 17.4 Å². The Labute approximate surface area is 97.9 Å². The van der Waals surface area contributed by atoms with Crippen LogP contribution in [0.3, 0.4) is 0 Å². The van der Waals surface area contributed by atoms with Crippen molar-refractivity contribution in [2.45, 2.75) is 19.4 Å². The van der Waals surface area contributed by atoms with Gasteiger partial charge in [-0.1, -0.05) is 11.6 Å². The molecule has 1 aromatic rings. The highest BCUT2D eigenvalue weighted by Crippen LogP contribution is 2.22. The lowest BCUT2D eigenvalue weighted by Crippen LogP contribution is -2.37. The van der Waals surface area contributed by atoms with Crippen molar-refractivity contribution in [1.29, 1.82) is 0 Å². The van der Waals surface area contributed by atoms with E-state index in [9.17, 15) is 8.42 Å². The standard InChI is InChI=1S/C8H11ClN2O2S2/c9-7-5-10-8(14-7)6-11-3-1-2-4-15(11,12)13/h5H,1-4,6H2. The first-order valence-corrected chi connectivity index (χ1v) is 7.46. The monoisotopic (exact) mass is 266 g/mol. The van der Waals surface area contributed by atoms with E-state index in [-0.39, 0.29) is 5.75 Å². The van der Waals surface area contributed by atoms with E-state index in [1.165, 1.54) is 15.6 Å². The lowest BCUT2D eigenvalue weighted by Gasteiger charge is -2.25. The molecule has 0 unspecified atom stereocenters. The number of sulfonamides is 1. The van der Waals surface area contributed by atoms with Crippen molar-refractivity contribution in [2.24, 2.45) is 0 Å². The summed E-state index contributed by atoms with van der Waals surface area (Å²) in [6, 6.07) is 0. The van der Waals surface area contributed by atoms with Crippen molar-refractivity contribution >= 4 is 33.0 Å². The quantitative estimate of drug-likeness (QED) is 0.819. The van der Waals surface area contributed by atoms with Gasteiger partial charge in [0.05, 0.1) is 18.5 Å². The maximum absolute atomic E-state index is 11.7. The Morgan fingerprint density at radius 2 is 2.33 bits per heavy atom. The average Bonchev–Trinajstić information content (AvgIpc) is 2.55. The highest BCUT2D eigenvalue weighted by atomic mass is 35.5. The summed E-state index contributed by atoms with van der Waals surface area (Å²) in [7, 11) is -3.06. The molecule has 2 heterocycles. The molecule has 1 aliphatic heterocycles. The van der Waals surface area contributed by atoms with Gasteiger partial charge in [0.15, 0.2) is 0 Å². The summed E-state index contributed by atoms with van der Waals surface area (Å²) in [5, 5.41) is 0.755. The van der Waals surface area contributed by atoms with E-state index in [0.717, 1.165) is 17.8 Å². The van der Waals surface area contributed by atoms with E-state index < -0.39 is 10.0 Å². The van der Waals surface area contributed by atoms with Crippen molar-refractivity contribution in [3.05, 3.63) is 15.5 Å². The van der Waals surface area contributed by atoms with Crippen LogP contribution in [0.15, 0.2) is 6.20 Å². The van der Waals surface area contributed by atoms with Gasteiger partial charge in [0, 0.05) is 6.54 Å². The Bertz CT molecular complexity index is 443. The van der Waals surface area contributed by atoms with Crippen molar-refractivity contribution in [1.82, 2.24) is 9.29 Å². The fraction of sp³-hybridized carbons (Fsp3) is 0.625. The Balaban J connectivity index is 2.11. The third-order valence-corrected chi connectivity index (χ3v) is 5.29. The van der Waals surface area contributed by atoms with Crippen molar-refractivity contribution < 1.29 is 8.42 Å². The summed E-state index contributed by atoms with van der Waals surface area (Å²) >= 11 is 7.07. The van der Waals surface area contributed by atoms with Gasteiger partial charge < -0.3 is 0 Å². The summed E-state index contributed by atoms with van der Waals surface area (Å²) in [6.07, 6.45) is 3.24. The summed E-state index contributed by atoms with van der Waals surface area (Å²) in [5.41, 5.74) is 0. The third-order valence-electron chi connectivity index (χ3n) is 2.29. The molecule has 4 nitrogen and oxygen atoms in total. The number of hydrogen-bond donors (Lipinski definition) is 0. The first-order chi connectivity index (χ1) is 7.08. The number of nitrogens with zero attached hydrogens (tertiary/aromatic N) is 2. The molecule has 15 heavy (non-hydrogen) atoms. The molecule has 1 aromatic heterocycles. The molecule has 0 bridgehead atoms. The van der Waals surface area contributed by atoms with E-state index in [1.54, 1.807) is 6.20 Å². The van der Waals surface area contributed by atoms with Crippen LogP contribution >= 0.6 is 22.9 Å². The predicted molar refractivity (Wildman–Crippen MR) is 60.6 cm³/mol. The van der Waals surface area contributed by atoms with Gasteiger partial charge in [-0.2, -0.15) is 4.31 Å². The Morgan fingerprint density at radius 3 is 2.93 bits per heavy atom. The minimum atomic E-state index is -3.06. The van der Waals surface area contributed by atoms with Gasteiger partial charge in [-0.25, -0.2) is 13.4 Å². The lowest BCUT2D eigenvalue weighted by molar-refractivity contribution is 0.378. The number of aromatic nitrogens is 1. The van der Waals surface area contributed by atoms with Crippen molar-refractivity contribution in [3.63, 3.8) is 0 Å². The zero-order valence-electron chi connectivity index (χ0n) is 8.02. The first kappa shape index (κ1) is 11.3. The molecule has 0 atom stereocenters. The van der Waals surface area contributed by atoms with Crippen LogP contribution in [0.25, 0.3) is 0 Å². The molecule has 0 aromatic carbocycles. The zero-order chi connectivity index (χ0) is 10.9. The van der Waals surface area contributed by atoms with Gasteiger partial charge in [-0.05, 0) is 12.8 Å². The van der Waals surface area contributed by atoms with Crippen LogP contribution in [0.1, 0.15) is 17.8 Å². The second kappa shape index (κ2) is 4.37. The van der Waals surface area contributed by atoms with Gasteiger partial charge in [0.2, 0.25) is 10.0 Å². The minimum Gasteiger partial charge on any atom is -0.247 e. The maximum atomic E-state index is 11.7. The summed E-state index contributed by atoms with van der Waals surface area (Å²) in [4.78, 5) is 4.06. The minimum absolute atomic E-state index is 0.256. The molecule has 1 aliphatic rings. The van der Waals surface area contributed by atoms with Crippen LogP contribution in [0.2, 0.25) is 4.34 Å². The molecule has 0 N–H and O–H groups in total. The van der Waals surface area contributed by atoms with Crippen molar-refractivity contribution in [3.8, 4) is 0 Å². The molecule has 0 spiro atoms. The lowest BCUT2D eigenvalue weighted by atomic mass is 10.3. The SMILES string of the molecule is O=S1(=O)CCCCN1Cc1ncc(Cl)s1. The molecule has 0 radical (unpaired) electrons. The smallest absolute Gasteiger partial charge is 0.214 e. The summed E-state index contributed by atoms with van der Waals surface area (Å²) < 4.78 is 25.4. The topological polar surface area (TPSA) is 50.3 Å². The van der Waals surface area contributed by atoms with E-state index in [2.05, 4.69) is 4.98 Å². The van der Waals surface area contributed by atoms with Gasteiger partial charge in [-0.3, -0.25) is 0 Å². The molecule has 1 saturated heterocycles. The van der Waals surface area contributed by atoms with Crippen molar-refractivity contribution in [2.75, 3.05) is 12.3 Å². The molecule has 0 aliphatic carbocycles. The Hall–Kier alpha value is -0.170. The highest BCUT2D eigenvalue weighted by molar-refractivity contribution is 7.89. The molecule has 84 valence electrons. The molecule has 7 heteroatoms. The second-order valence-corrected chi connectivity index (χ2v) is 7.25. The maximum Gasteiger partial charge on any atom is 0.214 e. The van der Waals surface area contributed by atoms with E-state index in [4.69, 9.17) is 11.6 Å². The fourth-order valence-corrected chi connectivity index (χ4v) is 4.14. The van der Waals surface area contributed by atoms with Crippen LogP contribution in [-0.4, -0.2) is 30.0 Å². The number of hydrogen-bond acceptors (Lipinski definition) is 4. The van der Waals surface area contributed by atoms with E-state index >= 15 is 0 Å². The molecule has 0 saturated carbocycles. The second-order valence-electron chi connectivity index (χ2n) is 3.41. The van der Waals surface area contributed by atoms with Crippen LogP contribution in [0.5, 0.6) is 0 Å². The molecule has 1 fully saturated rings. The highest BCUT2D eigenvalue weighted by Gasteiger charge is 2.26. The molecule has 0 amide bonds. The number of rotatable bonds is 2. The zero-order valence-corrected chi connectivity index (χ0v) is 10.4. The van der Waals surface area contributed by atoms with Crippen LogP contribution in [0, 0.1) is 0 Å². The first-order valence-electron chi connectivity index (χ1n) is 4.66. The third kappa shape index (κ3) is 2.69. The molecular formula is C8H11ClN2O2S2. The van der Waals surface area contributed by atoms with E-state index in [1.807, 2.05) is 0 Å². The average molecular weight is 267 g/mol. The molecule has 2 rings (SSSR count). The normalized spacial score (nSPS) is 21.7. The van der Waals surface area contributed by atoms with Gasteiger partial charge >= 0.3 is 0 Å². The van der Waals surface area contributed by atoms with Gasteiger partial charge in [0.1, 0.15) is 9.34 Å². The van der Waals surface area contributed by atoms with Crippen LogP contribution in [0.4, 0.5) is 0 Å². The number of thiazole rings is 1. The molecular weight excluding hydrogens is 256 g/mol. The predicted octanol–water partition coefficient (Wildman–Crippen LogP) is 1.72. The summed E-state index contributed by atoms with van der Waals surface area (Å²) in [6.45, 7) is 0.958. The van der Waals surface area contributed by atoms with Crippen LogP contribution in [-0.2, 0) is 16.6 Å².